The monoisotopic (exact) mass is 373 g/mol. The molecule has 0 aliphatic rings. The average molecular weight is 374 g/mol. The summed E-state index contributed by atoms with van der Waals surface area (Å²) in [5.74, 6) is 0.723. The van der Waals surface area contributed by atoms with Crippen molar-refractivity contribution < 1.29 is 4.79 Å². The molecule has 118 valence electrons. The molecule has 0 saturated heterocycles. The number of anilines is 1. The molecule has 3 rings (SSSR count). The molecule has 0 saturated carbocycles. The lowest BCUT2D eigenvalue weighted by Crippen LogP contribution is -2.18. The van der Waals surface area contributed by atoms with E-state index in [0.717, 1.165) is 17.2 Å². The number of hydrogen-bond donors (Lipinski definition) is 1. The molecule has 23 heavy (non-hydrogen) atoms. The van der Waals surface area contributed by atoms with E-state index in [2.05, 4.69) is 31.3 Å². The fourth-order valence-corrected chi connectivity index (χ4v) is 2.85. The highest BCUT2D eigenvalue weighted by Gasteiger charge is 2.16. The molecule has 2 aromatic heterocycles. The van der Waals surface area contributed by atoms with Gasteiger partial charge in [-0.25, -0.2) is 4.98 Å². The summed E-state index contributed by atoms with van der Waals surface area (Å²) in [5.41, 5.74) is 2.24. The highest BCUT2D eigenvalue weighted by molar-refractivity contribution is 9.10. The van der Waals surface area contributed by atoms with Gasteiger partial charge in [0.25, 0.3) is 5.91 Å². The Morgan fingerprint density at radius 1 is 1.30 bits per heavy atom. The fraction of sp³-hybridized carbons (Fsp3) is 0.188. The summed E-state index contributed by atoms with van der Waals surface area (Å²) in [4.78, 5) is 16.6. The largest absolute Gasteiger partial charge is 0.321 e. The van der Waals surface area contributed by atoms with Gasteiger partial charge in [-0.3, -0.25) is 9.48 Å². The fourth-order valence-electron chi connectivity index (χ4n) is 2.37. The van der Waals surface area contributed by atoms with Gasteiger partial charge >= 0.3 is 0 Å². The second kappa shape index (κ2) is 6.37. The predicted molar refractivity (Wildman–Crippen MR) is 91.9 cm³/mol. The number of nitrogens with zero attached hydrogens (tertiary/aromatic N) is 4. The van der Waals surface area contributed by atoms with E-state index in [0.29, 0.717) is 16.7 Å². The summed E-state index contributed by atoms with van der Waals surface area (Å²) >= 11 is 3.36. The van der Waals surface area contributed by atoms with Gasteiger partial charge in [-0.15, -0.1) is 0 Å². The van der Waals surface area contributed by atoms with Crippen LogP contribution in [0.5, 0.6) is 0 Å². The van der Waals surface area contributed by atoms with E-state index in [1.807, 2.05) is 48.9 Å². The van der Waals surface area contributed by atoms with Crippen LogP contribution < -0.4 is 5.32 Å². The molecular weight excluding hydrogens is 358 g/mol. The molecule has 6 nitrogen and oxygen atoms in total. The molecule has 0 atom stereocenters. The molecule has 0 aliphatic heterocycles. The second-order valence-corrected chi connectivity index (χ2v) is 5.86. The molecule has 0 fully saturated rings. The smallest absolute Gasteiger partial charge is 0.275 e. The number of imidazole rings is 1. The quantitative estimate of drug-likeness (QED) is 0.761. The van der Waals surface area contributed by atoms with Crippen molar-refractivity contribution in [1.29, 1.82) is 0 Å². The van der Waals surface area contributed by atoms with Crippen molar-refractivity contribution in [1.82, 2.24) is 19.3 Å². The Kier molecular flexibility index (Phi) is 4.29. The molecule has 0 bridgehead atoms. The van der Waals surface area contributed by atoms with E-state index < -0.39 is 0 Å². The Balaban J connectivity index is 1.80. The van der Waals surface area contributed by atoms with Crippen molar-refractivity contribution in [2.75, 3.05) is 5.32 Å². The number of carbonyl (C=O) groups excluding carboxylic acids is 1. The van der Waals surface area contributed by atoms with Crippen LogP contribution in [0.2, 0.25) is 0 Å². The zero-order valence-electron chi connectivity index (χ0n) is 12.8. The summed E-state index contributed by atoms with van der Waals surface area (Å²) < 4.78 is 4.32. The maximum Gasteiger partial charge on any atom is 0.275 e. The van der Waals surface area contributed by atoms with Gasteiger partial charge < -0.3 is 9.88 Å². The minimum absolute atomic E-state index is 0.192. The Morgan fingerprint density at radius 2 is 2.04 bits per heavy atom. The number of carbonyl (C=O) groups is 1. The third-order valence-corrected chi connectivity index (χ3v) is 4.12. The molecule has 0 radical (unpaired) electrons. The van der Waals surface area contributed by atoms with Crippen LogP contribution >= 0.6 is 15.9 Å². The molecule has 0 spiro atoms. The van der Waals surface area contributed by atoms with Gasteiger partial charge in [-0.2, -0.15) is 5.10 Å². The van der Waals surface area contributed by atoms with E-state index >= 15 is 0 Å². The number of rotatable bonds is 4. The van der Waals surface area contributed by atoms with E-state index in [1.54, 1.807) is 17.1 Å². The van der Waals surface area contributed by atoms with Gasteiger partial charge in [-0.05, 0) is 54.0 Å². The van der Waals surface area contributed by atoms with Gasteiger partial charge in [0.2, 0.25) is 0 Å². The van der Waals surface area contributed by atoms with Gasteiger partial charge in [0.15, 0.2) is 0 Å². The molecule has 0 aliphatic carbocycles. The van der Waals surface area contributed by atoms with Gasteiger partial charge in [0, 0.05) is 30.3 Å². The van der Waals surface area contributed by atoms with E-state index in [1.165, 1.54) is 0 Å². The maximum atomic E-state index is 12.4. The SMILES string of the molecule is CCn1ncc(Br)c1C(=O)Nc1ccc(-n2ccnc2C)cc1. The first-order valence-corrected chi connectivity index (χ1v) is 8.02. The van der Waals surface area contributed by atoms with Crippen LogP contribution in [0.4, 0.5) is 5.69 Å². The molecule has 0 unspecified atom stereocenters. The number of amides is 1. The summed E-state index contributed by atoms with van der Waals surface area (Å²) in [5, 5.41) is 7.05. The maximum absolute atomic E-state index is 12.4. The zero-order chi connectivity index (χ0) is 16.4. The highest BCUT2D eigenvalue weighted by atomic mass is 79.9. The first kappa shape index (κ1) is 15.5. The first-order chi connectivity index (χ1) is 11.1. The predicted octanol–water partition coefficient (Wildman–Crippen LogP) is 3.41. The first-order valence-electron chi connectivity index (χ1n) is 7.23. The van der Waals surface area contributed by atoms with Crippen molar-refractivity contribution in [2.24, 2.45) is 0 Å². The Labute approximate surface area is 142 Å². The lowest BCUT2D eigenvalue weighted by atomic mass is 10.2. The standard InChI is InChI=1S/C16H16BrN5O/c1-3-22-15(14(17)10-19-22)16(23)20-12-4-6-13(7-5-12)21-9-8-18-11(21)2/h4-10H,3H2,1-2H3,(H,20,23). The number of aromatic nitrogens is 4. The van der Waals surface area contributed by atoms with Crippen molar-refractivity contribution in [3.8, 4) is 5.69 Å². The van der Waals surface area contributed by atoms with E-state index in [-0.39, 0.29) is 5.91 Å². The van der Waals surface area contributed by atoms with E-state index in [4.69, 9.17) is 0 Å². The molecule has 1 N–H and O–H groups in total. The second-order valence-electron chi connectivity index (χ2n) is 5.00. The third kappa shape index (κ3) is 3.05. The number of aryl methyl sites for hydroxylation is 2. The number of halogens is 1. The van der Waals surface area contributed by atoms with Crippen LogP contribution in [0.25, 0.3) is 5.69 Å². The average Bonchev–Trinajstić information content (AvgIpc) is 3.13. The van der Waals surface area contributed by atoms with Crippen LogP contribution in [-0.2, 0) is 6.54 Å². The van der Waals surface area contributed by atoms with E-state index in [9.17, 15) is 4.79 Å². The number of benzene rings is 1. The van der Waals surface area contributed by atoms with Crippen molar-refractivity contribution in [3.05, 3.63) is 58.8 Å². The lowest BCUT2D eigenvalue weighted by molar-refractivity contribution is 0.101. The zero-order valence-corrected chi connectivity index (χ0v) is 14.4. The Morgan fingerprint density at radius 3 is 2.65 bits per heavy atom. The molecular formula is C16H16BrN5O. The van der Waals surface area contributed by atoms with Crippen LogP contribution in [0, 0.1) is 6.92 Å². The highest BCUT2D eigenvalue weighted by Crippen LogP contribution is 2.19. The molecule has 1 amide bonds. The molecule has 7 heteroatoms. The van der Waals surface area contributed by atoms with Crippen molar-refractivity contribution in [2.45, 2.75) is 20.4 Å². The number of hydrogen-bond acceptors (Lipinski definition) is 3. The third-order valence-electron chi connectivity index (χ3n) is 3.54. The van der Waals surface area contributed by atoms with Crippen molar-refractivity contribution in [3.63, 3.8) is 0 Å². The summed E-state index contributed by atoms with van der Waals surface area (Å²) in [6.45, 7) is 4.52. The van der Waals surface area contributed by atoms with Crippen LogP contribution in [0.1, 0.15) is 23.2 Å². The Bertz CT molecular complexity index is 835. The molecule has 1 aromatic carbocycles. The van der Waals surface area contributed by atoms with Crippen molar-refractivity contribution >= 4 is 27.5 Å². The summed E-state index contributed by atoms with van der Waals surface area (Å²) in [6, 6.07) is 7.62. The van der Waals surface area contributed by atoms with Crippen LogP contribution in [0.3, 0.4) is 0 Å². The van der Waals surface area contributed by atoms with Gasteiger partial charge in [0.05, 0.1) is 10.7 Å². The topological polar surface area (TPSA) is 64.7 Å². The van der Waals surface area contributed by atoms with Gasteiger partial charge in [-0.1, -0.05) is 0 Å². The Hall–Kier alpha value is -2.41. The lowest BCUT2D eigenvalue weighted by Gasteiger charge is -2.09. The summed E-state index contributed by atoms with van der Waals surface area (Å²) in [7, 11) is 0. The number of nitrogens with one attached hydrogen (secondary N) is 1. The minimum Gasteiger partial charge on any atom is -0.321 e. The van der Waals surface area contributed by atoms with Crippen LogP contribution in [0.15, 0.2) is 47.3 Å². The van der Waals surface area contributed by atoms with Gasteiger partial charge in [0.1, 0.15) is 11.5 Å². The normalized spacial score (nSPS) is 10.7. The minimum atomic E-state index is -0.192. The summed E-state index contributed by atoms with van der Waals surface area (Å²) in [6.07, 6.45) is 5.29. The van der Waals surface area contributed by atoms with Crippen LogP contribution in [-0.4, -0.2) is 25.2 Å². The molecule has 2 heterocycles. The molecule has 3 aromatic rings.